The molecule has 0 amide bonds. The summed E-state index contributed by atoms with van der Waals surface area (Å²) in [5.41, 5.74) is 0.663. The third-order valence-corrected chi connectivity index (χ3v) is 2.59. The number of rotatable bonds is 6. The van der Waals surface area contributed by atoms with Crippen LogP contribution in [-0.4, -0.2) is 28.0 Å². The van der Waals surface area contributed by atoms with Crippen LogP contribution in [-0.2, 0) is 6.73 Å². The SMILES string of the molecule is COc1cc(C=NN)ccc1OCn1cc([N+](=O)[O-])cn1. The second-order valence-electron chi connectivity index (χ2n) is 3.96. The van der Waals surface area contributed by atoms with Crippen LogP contribution in [0.25, 0.3) is 0 Å². The summed E-state index contributed by atoms with van der Waals surface area (Å²) >= 11 is 0. The fourth-order valence-corrected chi connectivity index (χ4v) is 1.62. The maximum absolute atomic E-state index is 10.6. The lowest BCUT2D eigenvalue weighted by molar-refractivity contribution is -0.385. The lowest BCUT2D eigenvalue weighted by atomic mass is 10.2. The Labute approximate surface area is 119 Å². The molecule has 0 radical (unpaired) electrons. The molecule has 0 unspecified atom stereocenters. The van der Waals surface area contributed by atoms with Crippen molar-refractivity contribution in [2.45, 2.75) is 6.73 Å². The number of nitrogens with two attached hydrogens (primary N) is 1. The predicted octanol–water partition coefficient (Wildman–Crippen LogP) is 1.13. The molecule has 2 rings (SSSR count). The Morgan fingerprint density at radius 2 is 2.33 bits per heavy atom. The Morgan fingerprint density at radius 3 is 2.95 bits per heavy atom. The van der Waals surface area contributed by atoms with Crippen molar-refractivity contribution in [3.8, 4) is 11.5 Å². The lowest BCUT2D eigenvalue weighted by Crippen LogP contribution is -2.06. The molecule has 9 heteroatoms. The normalized spacial score (nSPS) is 10.7. The van der Waals surface area contributed by atoms with Crippen molar-refractivity contribution in [3.63, 3.8) is 0 Å². The molecule has 2 N–H and O–H groups in total. The molecule has 0 aliphatic rings. The molecule has 0 fully saturated rings. The minimum absolute atomic E-state index is 0.0223. The van der Waals surface area contributed by atoms with Gasteiger partial charge in [-0.25, -0.2) is 4.68 Å². The van der Waals surface area contributed by atoms with Gasteiger partial charge in [0.15, 0.2) is 18.2 Å². The van der Waals surface area contributed by atoms with E-state index in [1.165, 1.54) is 24.2 Å². The molecule has 110 valence electrons. The highest BCUT2D eigenvalue weighted by Crippen LogP contribution is 2.27. The Hall–Kier alpha value is -3.10. The molecule has 0 atom stereocenters. The van der Waals surface area contributed by atoms with E-state index in [-0.39, 0.29) is 12.4 Å². The second-order valence-corrected chi connectivity index (χ2v) is 3.96. The van der Waals surface area contributed by atoms with Crippen molar-refractivity contribution < 1.29 is 14.4 Å². The van der Waals surface area contributed by atoms with Gasteiger partial charge < -0.3 is 15.3 Å². The van der Waals surface area contributed by atoms with Crippen LogP contribution < -0.4 is 15.3 Å². The second kappa shape index (κ2) is 6.37. The number of methoxy groups -OCH3 is 1. The molecule has 1 aromatic carbocycles. The first-order valence-electron chi connectivity index (χ1n) is 5.85. The van der Waals surface area contributed by atoms with Gasteiger partial charge in [-0.3, -0.25) is 10.1 Å². The van der Waals surface area contributed by atoms with Crippen LogP contribution in [0, 0.1) is 10.1 Å². The van der Waals surface area contributed by atoms with Crippen LogP contribution in [0.3, 0.4) is 0 Å². The molecular weight excluding hydrogens is 278 g/mol. The molecule has 0 saturated heterocycles. The highest BCUT2D eigenvalue weighted by atomic mass is 16.6. The van der Waals surface area contributed by atoms with E-state index in [1.54, 1.807) is 18.2 Å². The largest absolute Gasteiger partial charge is 0.493 e. The molecule has 9 nitrogen and oxygen atoms in total. The van der Waals surface area contributed by atoms with Crippen molar-refractivity contribution in [3.05, 3.63) is 46.3 Å². The van der Waals surface area contributed by atoms with Crippen molar-refractivity contribution in [1.29, 1.82) is 0 Å². The van der Waals surface area contributed by atoms with Crippen molar-refractivity contribution >= 4 is 11.9 Å². The van der Waals surface area contributed by atoms with Crippen LogP contribution in [0.2, 0.25) is 0 Å². The van der Waals surface area contributed by atoms with Gasteiger partial charge in [0.1, 0.15) is 12.4 Å². The number of benzene rings is 1. The number of hydrazone groups is 1. The molecule has 0 spiro atoms. The smallest absolute Gasteiger partial charge is 0.307 e. The summed E-state index contributed by atoms with van der Waals surface area (Å²) in [6, 6.07) is 5.14. The van der Waals surface area contributed by atoms with Crippen molar-refractivity contribution in [2.75, 3.05) is 7.11 Å². The predicted molar refractivity (Wildman–Crippen MR) is 74.3 cm³/mol. The van der Waals surface area contributed by atoms with Gasteiger partial charge in [-0.1, -0.05) is 0 Å². The molecule has 0 saturated carbocycles. The zero-order valence-electron chi connectivity index (χ0n) is 11.2. The first-order chi connectivity index (χ1) is 10.1. The summed E-state index contributed by atoms with van der Waals surface area (Å²) in [4.78, 5) is 10.0. The van der Waals surface area contributed by atoms with E-state index in [2.05, 4.69) is 10.2 Å². The Balaban J connectivity index is 2.09. The summed E-state index contributed by atoms with van der Waals surface area (Å²) in [6.45, 7) is 0.0223. The number of nitrogens with zero attached hydrogens (tertiary/aromatic N) is 4. The van der Waals surface area contributed by atoms with E-state index < -0.39 is 4.92 Å². The zero-order chi connectivity index (χ0) is 15.2. The molecule has 1 aromatic heterocycles. The van der Waals surface area contributed by atoms with Gasteiger partial charge in [-0.2, -0.15) is 10.2 Å². The third-order valence-electron chi connectivity index (χ3n) is 2.59. The molecule has 2 aromatic rings. The van der Waals surface area contributed by atoms with Gasteiger partial charge >= 0.3 is 5.69 Å². The highest BCUT2D eigenvalue weighted by Gasteiger charge is 2.10. The fourth-order valence-electron chi connectivity index (χ4n) is 1.62. The summed E-state index contributed by atoms with van der Waals surface area (Å²) in [7, 11) is 1.50. The van der Waals surface area contributed by atoms with Gasteiger partial charge in [0.25, 0.3) is 0 Å². The van der Waals surface area contributed by atoms with Gasteiger partial charge in [-0.05, 0) is 23.8 Å². The maximum Gasteiger partial charge on any atom is 0.307 e. The van der Waals surface area contributed by atoms with E-state index in [1.807, 2.05) is 0 Å². The van der Waals surface area contributed by atoms with E-state index in [0.717, 1.165) is 11.8 Å². The molecule has 0 aliphatic carbocycles. The quantitative estimate of drug-likeness (QED) is 0.369. The monoisotopic (exact) mass is 291 g/mol. The molecule has 1 heterocycles. The van der Waals surface area contributed by atoms with Crippen molar-refractivity contribution in [2.24, 2.45) is 10.9 Å². The summed E-state index contributed by atoms with van der Waals surface area (Å²) in [6.07, 6.45) is 3.91. The first kappa shape index (κ1) is 14.3. The molecule has 21 heavy (non-hydrogen) atoms. The Bertz CT molecular complexity index is 667. The Kier molecular flexibility index (Phi) is 4.34. The molecule has 0 bridgehead atoms. The van der Waals surface area contributed by atoms with Crippen LogP contribution in [0.5, 0.6) is 11.5 Å². The third kappa shape index (κ3) is 3.47. The van der Waals surface area contributed by atoms with Gasteiger partial charge in [0.2, 0.25) is 0 Å². The fraction of sp³-hybridized carbons (Fsp3) is 0.167. The van der Waals surface area contributed by atoms with Gasteiger partial charge in [0.05, 0.1) is 18.2 Å². The molecular formula is C12H13N5O4. The number of nitro groups is 1. The minimum atomic E-state index is -0.523. The van der Waals surface area contributed by atoms with E-state index >= 15 is 0 Å². The van der Waals surface area contributed by atoms with Crippen molar-refractivity contribution in [1.82, 2.24) is 9.78 Å². The summed E-state index contributed by atoms with van der Waals surface area (Å²) < 4.78 is 12.0. The number of hydrogen-bond acceptors (Lipinski definition) is 7. The first-order valence-corrected chi connectivity index (χ1v) is 5.85. The molecule has 0 aliphatic heterocycles. The highest BCUT2D eigenvalue weighted by molar-refractivity contribution is 5.80. The van der Waals surface area contributed by atoms with E-state index in [0.29, 0.717) is 11.5 Å². The zero-order valence-corrected chi connectivity index (χ0v) is 11.2. The van der Waals surface area contributed by atoms with Crippen LogP contribution in [0.15, 0.2) is 35.7 Å². The average molecular weight is 291 g/mol. The van der Waals surface area contributed by atoms with E-state index in [9.17, 15) is 10.1 Å². The summed E-state index contributed by atoms with van der Waals surface area (Å²) in [5.74, 6) is 6.05. The summed E-state index contributed by atoms with van der Waals surface area (Å²) in [5, 5.41) is 17.8. The van der Waals surface area contributed by atoms with E-state index in [4.69, 9.17) is 15.3 Å². The number of hydrogen-bond donors (Lipinski definition) is 1. The van der Waals surface area contributed by atoms with Gasteiger partial charge in [0, 0.05) is 0 Å². The number of aromatic nitrogens is 2. The topological polar surface area (TPSA) is 118 Å². The maximum atomic E-state index is 10.6. The van der Waals surface area contributed by atoms with Gasteiger partial charge in [-0.15, -0.1) is 0 Å². The lowest BCUT2D eigenvalue weighted by Gasteiger charge is -2.10. The Morgan fingerprint density at radius 1 is 1.52 bits per heavy atom. The average Bonchev–Trinajstić information content (AvgIpc) is 2.95. The van der Waals surface area contributed by atoms with Crippen LogP contribution in [0.1, 0.15) is 5.56 Å². The van der Waals surface area contributed by atoms with Crippen LogP contribution >= 0.6 is 0 Å². The number of ether oxygens (including phenoxy) is 2. The minimum Gasteiger partial charge on any atom is -0.493 e. The van der Waals surface area contributed by atoms with Crippen LogP contribution in [0.4, 0.5) is 5.69 Å². The standard InChI is InChI=1S/C12H13N5O4/c1-20-12-4-9(5-14-13)2-3-11(12)21-8-16-7-10(6-15-16)17(18)19/h2-7H,8,13H2,1H3.